The number of carbonyl (C=O) groups is 3. The van der Waals surface area contributed by atoms with Gasteiger partial charge in [-0.2, -0.15) is 0 Å². The molecule has 0 spiro atoms. The highest BCUT2D eigenvalue weighted by atomic mass is 79.9. The van der Waals surface area contributed by atoms with Crippen molar-refractivity contribution in [3.8, 4) is 0 Å². The van der Waals surface area contributed by atoms with Gasteiger partial charge in [-0.25, -0.2) is 4.79 Å². The zero-order valence-electron chi connectivity index (χ0n) is 18.4. The molecule has 0 bridgehead atoms. The number of thioether (sulfide) groups is 1. The summed E-state index contributed by atoms with van der Waals surface area (Å²) in [6, 6.07) is 9.32. The molecule has 35 heavy (non-hydrogen) atoms. The Morgan fingerprint density at radius 2 is 2.06 bits per heavy atom. The molecule has 0 radical (unpaired) electrons. The molecule has 10 nitrogen and oxygen atoms in total. The molecule has 184 valence electrons. The molecule has 1 unspecified atom stereocenters. The predicted octanol–water partition coefficient (Wildman–Crippen LogP) is 2.97. The second-order valence-electron chi connectivity index (χ2n) is 7.67. The molecule has 1 fully saturated rings. The molecule has 1 N–H and O–H groups in total. The monoisotopic (exact) mass is 581 g/mol. The molecule has 1 aromatic heterocycles. The number of hydrogen-bond donors (Lipinski definition) is 1. The van der Waals surface area contributed by atoms with E-state index in [0.717, 1.165) is 4.88 Å². The van der Waals surface area contributed by atoms with Crippen LogP contribution in [0.3, 0.4) is 0 Å². The number of nitrogens with one attached hydrogen (secondary N) is 1. The van der Waals surface area contributed by atoms with Gasteiger partial charge in [0, 0.05) is 35.2 Å². The number of rotatable bonds is 9. The van der Waals surface area contributed by atoms with Crippen LogP contribution < -0.4 is 5.32 Å². The number of nitro groups is 1. The molecule has 13 heteroatoms. The molecule has 4 rings (SSSR count). The van der Waals surface area contributed by atoms with E-state index in [1.54, 1.807) is 0 Å². The third-order valence-electron chi connectivity index (χ3n) is 5.54. The number of fused-ring (bicyclic) bond motifs is 1. The van der Waals surface area contributed by atoms with Gasteiger partial charge in [0.1, 0.15) is 17.7 Å². The Bertz CT molecular complexity index is 1190. The Kier molecular flexibility index (Phi) is 7.59. The van der Waals surface area contributed by atoms with Gasteiger partial charge in [-0.15, -0.1) is 23.1 Å². The minimum absolute atomic E-state index is 0.0697. The van der Waals surface area contributed by atoms with Gasteiger partial charge < -0.3 is 14.8 Å². The van der Waals surface area contributed by atoms with Crippen LogP contribution >= 0.6 is 39.0 Å². The molecule has 2 amide bonds. The molecule has 2 atom stereocenters. The van der Waals surface area contributed by atoms with Crippen molar-refractivity contribution < 1.29 is 28.8 Å². The van der Waals surface area contributed by atoms with Gasteiger partial charge in [-0.3, -0.25) is 24.6 Å². The molecule has 0 saturated carbocycles. The first-order valence-corrected chi connectivity index (χ1v) is 13.4. The number of amides is 2. The van der Waals surface area contributed by atoms with E-state index in [1.807, 2.05) is 17.5 Å². The number of thiophene rings is 1. The smallest absolute Gasteiger partial charge is 0.355 e. The number of esters is 1. The van der Waals surface area contributed by atoms with E-state index in [-0.39, 0.29) is 30.3 Å². The van der Waals surface area contributed by atoms with E-state index >= 15 is 0 Å². The maximum atomic E-state index is 13.3. The summed E-state index contributed by atoms with van der Waals surface area (Å²) in [5.41, 5.74) is -0.310. The zero-order valence-corrected chi connectivity index (χ0v) is 21.6. The van der Waals surface area contributed by atoms with Crippen molar-refractivity contribution in [2.75, 3.05) is 18.2 Å². The predicted molar refractivity (Wildman–Crippen MR) is 133 cm³/mol. The van der Waals surface area contributed by atoms with Crippen LogP contribution in [0.2, 0.25) is 0 Å². The van der Waals surface area contributed by atoms with Crippen molar-refractivity contribution in [1.29, 1.82) is 0 Å². The quantitative estimate of drug-likeness (QED) is 0.119. The Balaban J connectivity index is 1.48. The second-order valence-corrected chi connectivity index (χ2v) is 10.3. The average Bonchev–Trinajstić information content (AvgIpc) is 3.37. The summed E-state index contributed by atoms with van der Waals surface area (Å²) in [5, 5.41) is 15.1. The highest BCUT2D eigenvalue weighted by Crippen LogP contribution is 2.47. The third kappa shape index (κ3) is 4.85. The number of nitrogens with zero attached hydrogens (tertiary/aromatic N) is 2. The van der Waals surface area contributed by atoms with Crippen LogP contribution in [0, 0.1) is 10.1 Å². The second kappa shape index (κ2) is 10.5. The average molecular weight is 582 g/mol. The number of benzene rings is 1. The van der Waals surface area contributed by atoms with Crippen molar-refractivity contribution in [3.63, 3.8) is 0 Å². The number of hydrogen-bond acceptors (Lipinski definition) is 9. The fourth-order valence-corrected chi connectivity index (χ4v) is 6.66. The zero-order chi connectivity index (χ0) is 25.2. The molecular formula is C22H20BrN3O7S2. The summed E-state index contributed by atoms with van der Waals surface area (Å²) in [6.07, 6.45) is 0.111. The molecule has 1 saturated heterocycles. The number of alkyl halides is 1. The van der Waals surface area contributed by atoms with Crippen LogP contribution in [-0.2, 0) is 36.9 Å². The van der Waals surface area contributed by atoms with Crippen LogP contribution in [0.5, 0.6) is 0 Å². The summed E-state index contributed by atoms with van der Waals surface area (Å²) in [7, 11) is 1.34. The highest BCUT2D eigenvalue weighted by Gasteiger charge is 2.66. The standard InChI is InChI=1S/C22H20BrN3O7S2/c1-32-22(24-17(27)9-16-3-2-8-34-16)20(29)25-18(14(10-23)12-35-21(22)25)19(28)33-11-13-4-6-15(7-5-13)26(30)31/h2-8,21H,9-12H2,1H3,(H,24,27)/t21-,22?/m1/s1. The molecule has 0 aliphatic carbocycles. The molecule has 3 heterocycles. The van der Waals surface area contributed by atoms with Crippen LogP contribution in [0.4, 0.5) is 5.69 Å². The lowest BCUT2D eigenvalue weighted by Gasteiger charge is -2.56. The Morgan fingerprint density at radius 1 is 1.31 bits per heavy atom. The summed E-state index contributed by atoms with van der Waals surface area (Å²) >= 11 is 6.18. The van der Waals surface area contributed by atoms with E-state index < -0.39 is 27.9 Å². The maximum absolute atomic E-state index is 13.3. The highest BCUT2D eigenvalue weighted by molar-refractivity contribution is 9.09. The fraction of sp³-hybridized carbons (Fsp3) is 0.318. The van der Waals surface area contributed by atoms with Crippen molar-refractivity contribution in [1.82, 2.24) is 10.2 Å². The number of nitro benzene ring substituents is 1. The molecule has 1 aromatic carbocycles. The summed E-state index contributed by atoms with van der Waals surface area (Å²) in [5.74, 6) is -1.20. The summed E-state index contributed by atoms with van der Waals surface area (Å²) in [4.78, 5) is 51.4. The largest absolute Gasteiger partial charge is 0.456 e. The topological polar surface area (TPSA) is 128 Å². The number of β-lactam (4-membered cyclic amide) rings is 1. The van der Waals surface area contributed by atoms with Gasteiger partial charge in [0.05, 0.1) is 11.3 Å². The molecule has 2 aliphatic heterocycles. The minimum atomic E-state index is -1.58. The van der Waals surface area contributed by atoms with Crippen molar-refractivity contribution in [2.24, 2.45) is 0 Å². The molecule has 2 aromatic rings. The number of ether oxygens (including phenoxy) is 2. The van der Waals surface area contributed by atoms with E-state index in [2.05, 4.69) is 21.2 Å². The number of non-ortho nitro benzene ring substituents is 1. The van der Waals surface area contributed by atoms with Gasteiger partial charge >= 0.3 is 5.97 Å². The van der Waals surface area contributed by atoms with Crippen LogP contribution in [-0.4, -0.2) is 56.9 Å². The van der Waals surface area contributed by atoms with Crippen molar-refractivity contribution in [2.45, 2.75) is 24.1 Å². The fourth-order valence-electron chi connectivity index (χ4n) is 3.79. The Labute approximate surface area is 216 Å². The lowest BCUT2D eigenvalue weighted by atomic mass is 9.98. The van der Waals surface area contributed by atoms with Crippen LogP contribution in [0.15, 0.2) is 53.0 Å². The van der Waals surface area contributed by atoms with Gasteiger partial charge in [0.25, 0.3) is 17.3 Å². The summed E-state index contributed by atoms with van der Waals surface area (Å²) in [6.45, 7) is -0.122. The molecular weight excluding hydrogens is 562 g/mol. The van der Waals surface area contributed by atoms with Crippen LogP contribution in [0.1, 0.15) is 10.4 Å². The third-order valence-corrected chi connectivity index (χ3v) is 8.47. The van der Waals surface area contributed by atoms with Crippen LogP contribution in [0.25, 0.3) is 0 Å². The van der Waals surface area contributed by atoms with Gasteiger partial charge in [-0.05, 0) is 34.7 Å². The Hall–Kier alpha value is -2.74. The first-order chi connectivity index (χ1) is 16.8. The van der Waals surface area contributed by atoms with Gasteiger partial charge in [-0.1, -0.05) is 22.0 Å². The maximum Gasteiger partial charge on any atom is 0.355 e. The lowest BCUT2D eigenvalue weighted by molar-refractivity contribution is -0.384. The van der Waals surface area contributed by atoms with E-state index in [9.17, 15) is 24.5 Å². The normalized spacial score (nSPS) is 21.3. The van der Waals surface area contributed by atoms with E-state index in [0.29, 0.717) is 22.2 Å². The SMILES string of the molecule is COC1(NC(=O)Cc2cccs2)C(=O)N2C(C(=O)OCc3ccc([N+](=O)[O-])cc3)=C(CBr)CS[C@@H]21. The summed E-state index contributed by atoms with van der Waals surface area (Å²) < 4.78 is 11.0. The molecule has 2 aliphatic rings. The van der Waals surface area contributed by atoms with E-state index in [4.69, 9.17) is 9.47 Å². The first kappa shape index (κ1) is 25.4. The number of methoxy groups -OCH3 is 1. The van der Waals surface area contributed by atoms with Crippen molar-refractivity contribution in [3.05, 3.63) is 73.6 Å². The number of halogens is 1. The van der Waals surface area contributed by atoms with Gasteiger partial charge in [0.2, 0.25) is 5.91 Å². The minimum Gasteiger partial charge on any atom is -0.456 e. The van der Waals surface area contributed by atoms with E-state index in [1.165, 1.54) is 59.4 Å². The Morgan fingerprint density at radius 3 is 2.66 bits per heavy atom. The number of carbonyl (C=O) groups excluding carboxylic acids is 3. The van der Waals surface area contributed by atoms with Crippen molar-refractivity contribution >= 4 is 62.5 Å². The van der Waals surface area contributed by atoms with Gasteiger partial charge in [0.15, 0.2) is 0 Å². The first-order valence-electron chi connectivity index (χ1n) is 10.3. The lowest BCUT2D eigenvalue weighted by Crippen LogP contribution is -2.80.